The lowest BCUT2D eigenvalue weighted by molar-refractivity contribution is 0.277. The molecular formula is C18H32N2O. The SMILES string of the molecule is CCCCCN(C)CC(NCC)c1ccccc1OCC. The molecule has 1 atom stereocenters. The van der Waals surface area contributed by atoms with E-state index in [2.05, 4.69) is 49.3 Å². The van der Waals surface area contributed by atoms with Crippen molar-refractivity contribution in [1.82, 2.24) is 10.2 Å². The minimum atomic E-state index is 0.323. The van der Waals surface area contributed by atoms with Crippen molar-refractivity contribution in [2.24, 2.45) is 0 Å². The molecule has 0 fully saturated rings. The molecule has 1 unspecified atom stereocenters. The van der Waals surface area contributed by atoms with Gasteiger partial charge in [-0.25, -0.2) is 0 Å². The zero-order valence-corrected chi connectivity index (χ0v) is 14.2. The molecule has 120 valence electrons. The van der Waals surface area contributed by atoms with Gasteiger partial charge in [0.2, 0.25) is 0 Å². The Morgan fingerprint density at radius 2 is 1.90 bits per heavy atom. The van der Waals surface area contributed by atoms with Gasteiger partial charge in [0.15, 0.2) is 0 Å². The normalized spacial score (nSPS) is 12.6. The summed E-state index contributed by atoms with van der Waals surface area (Å²) in [6, 6.07) is 8.71. The molecule has 0 radical (unpaired) electrons. The minimum Gasteiger partial charge on any atom is -0.494 e. The molecule has 0 amide bonds. The lowest BCUT2D eigenvalue weighted by Crippen LogP contribution is -2.33. The third-order valence-electron chi connectivity index (χ3n) is 3.68. The highest BCUT2D eigenvalue weighted by molar-refractivity contribution is 5.36. The van der Waals surface area contributed by atoms with Crippen molar-refractivity contribution in [2.45, 2.75) is 46.1 Å². The van der Waals surface area contributed by atoms with Gasteiger partial charge in [0, 0.05) is 18.2 Å². The van der Waals surface area contributed by atoms with E-state index in [1.807, 2.05) is 13.0 Å². The van der Waals surface area contributed by atoms with Crippen molar-refractivity contribution < 1.29 is 4.74 Å². The number of ether oxygens (including phenoxy) is 1. The molecule has 21 heavy (non-hydrogen) atoms. The number of unbranched alkanes of at least 4 members (excludes halogenated alkanes) is 2. The Kier molecular flexibility index (Phi) is 9.11. The molecule has 0 aliphatic heterocycles. The molecule has 3 nitrogen and oxygen atoms in total. The second kappa shape index (κ2) is 10.6. The summed E-state index contributed by atoms with van der Waals surface area (Å²) in [6.07, 6.45) is 3.86. The summed E-state index contributed by atoms with van der Waals surface area (Å²) < 4.78 is 5.79. The second-order valence-electron chi connectivity index (χ2n) is 5.55. The Hall–Kier alpha value is -1.06. The van der Waals surface area contributed by atoms with Gasteiger partial charge in [-0.3, -0.25) is 0 Å². The first-order chi connectivity index (χ1) is 10.2. The largest absolute Gasteiger partial charge is 0.494 e. The van der Waals surface area contributed by atoms with Crippen LogP contribution in [0.5, 0.6) is 5.75 Å². The molecule has 1 N–H and O–H groups in total. The molecule has 0 aliphatic rings. The van der Waals surface area contributed by atoms with Gasteiger partial charge < -0.3 is 15.0 Å². The van der Waals surface area contributed by atoms with Crippen LogP contribution in [0.2, 0.25) is 0 Å². The number of hydrogen-bond donors (Lipinski definition) is 1. The molecule has 0 heterocycles. The molecule has 0 saturated heterocycles. The second-order valence-corrected chi connectivity index (χ2v) is 5.55. The van der Waals surface area contributed by atoms with Gasteiger partial charge in [-0.05, 0) is 39.5 Å². The molecule has 0 aliphatic carbocycles. The average Bonchev–Trinajstić information content (AvgIpc) is 2.48. The fraction of sp³-hybridized carbons (Fsp3) is 0.667. The maximum Gasteiger partial charge on any atom is 0.124 e. The predicted molar refractivity (Wildman–Crippen MR) is 91.1 cm³/mol. The number of hydrogen-bond acceptors (Lipinski definition) is 3. The van der Waals surface area contributed by atoms with Crippen LogP contribution in [-0.4, -0.2) is 38.2 Å². The first kappa shape index (κ1) is 18.0. The van der Waals surface area contributed by atoms with E-state index in [1.54, 1.807) is 0 Å². The van der Waals surface area contributed by atoms with Crippen molar-refractivity contribution in [1.29, 1.82) is 0 Å². The van der Waals surface area contributed by atoms with Gasteiger partial charge in [-0.15, -0.1) is 0 Å². The van der Waals surface area contributed by atoms with Crippen LogP contribution in [-0.2, 0) is 0 Å². The zero-order valence-electron chi connectivity index (χ0n) is 14.2. The third kappa shape index (κ3) is 6.49. The van der Waals surface area contributed by atoms with Gasteiger partial charge in [0.25, 0.3) is 0 Å². The van der Waals surface area contributed by atoms with Gasteiger partial charge in [-0.1, -0.05) is 44.9 Å². The summed E-state index contributed by atoms with van der Waals surface area (Å²) in [5.74, 6) is 1.01. The molecule has 1 aromatic rings. The first-order valence-electron chi connectivity index (χ1n) is 8.36. The molecular weight excluding hydrogens is 260 g/mol. The predicted octanol–water partition coefficient (Wildman–Crippen LogP) is 3.86. The van der Waals surface area contributed by atoms with Crippen molar-refractivity contribution in [3.8, 4) is 5.75 Å². The molecule has 0 saturated carbocycles. The van der Waals surface area contributed by atoms with E-state index >= 15 is 0 Å². The van der Waals surface area contributed by atoms with Crippen LogP contribution < -0.4 is 10.1 Å². The lowest BCUT2D eigenvalue weighted by Gasteiger charge is -2.26. The molecule has 1 aromatic carbocycles. The summed E-state index contributed by atoms with van der Waals surface area (Å²) in [6.45, 7) is 10.3. The summed E-state index contributed by atoms with van der Waals surface area (Å²) in [5.41, 5.74) is 1.27. The molecule has 0 bridgehead atoms. The standard InChI is InChI=1S/C18H32N2O/c1-5-8-11-14-20(4)15-17(19-6-2)16-12-9-10-13-18(16)21-7-3/h9-10,12-13,17,19H,5-8,11,14-15H2,1-4H3. The van der Waals surface area contributed by atoms with Gasteiger partial charge in [0.1, 0.15) is 5.75 Å². The number of nitrogens with zero attached hydrogens (tertiary/aromatic N) is 1. The number of benzene rings is 1. The van der Waals surface area contributed by atoms with Crippen molar-refractivity contribution in [2.75, 3.05) is 33.3 Å². The lowest BCUT2D eigenvalue weighted by atomic mass is 10.0. The summed E-state index contributed by atoms with van der Waals surface area (Å²) in [7, 11) is 2.21. The van der Waals surface area contributed by atoms with E-state index in [9.17, 15) is 0 Å². The maximum atomic E-state index is 5.79. The highest BCUT2D eigenvalue weighted by atomic mass is 16.5. The van der Waals surface area contributed by atoms with Crippen LogP contribution in [0.4, 0.5) is 0 Å². The molecule has 0 spiro atoms. The monoisotopic (exact) mass is 292 g/mol. The van der Waals surface area contributed by atoms with Crippen molar-refractivity contribution >= 4 is 0 Å². The Balaban J connectivity index is 2.71. The van der Waals surface area contributed by atoms with Gasteiger partial charge in [-0.2, -0.15) is 0 Å². The maximum absolute atomic E-state index is 5.79. The fourth-order valence-corrected chi connectivity index (χ4v) is 2.61. The number of para-hydroxylation sites is 1. The number of rotatable bonds is 11. The topological polar surface area (TPSA) is 24.5 Å². The summed E-state index contributed by atoms with van der Waals surface area (Å²) >= 11 is 0. The van der Waals surface area contributed by atoms with E-state index < -0.39 is 0 Å². The Labute approximate surface area is 130 Å². The van der Waals surface area contributed by atoms with Crippen LogP contribution in [0.1, 0.15) is 51.6 Å². The fourth-order valence-electron chi connectivity index (χ4n) is 2.61. The van der Waals surface area contributed by atoms with E-state index in [4.69, 9.17) is 4.74 Å². The van der Waals surface area contributed by atoms with Crippen LogP contribution in [0.3, 0.4) is 0 Å². The third-order valence-corrected chi connectivity index (χ3v) is 3.68. The average molecular weight is 292 g/mol. The van der Waals surface area contributed by atoms with E-state index in [-0.39, 0.29) is 0 Å². The van der Waals surface area contributed by atoms with Crippen LogP contribution in [0, 0.1) is 0 Å². The first-order valence-corrected chi connectivity index (χ1v) is 8.36. The van der Waals surface area contributed by atoms with Gasteiger partial charge in [0.05, 0.1) is 6.61 Å². The molecule has 3 heteroatoms. The van der Waals surface area contributed by atoms with Crippen molar-refractivity contribution in [3.63, 3.8) is 0 Å². The number of likely N-dealkylation sites (N-methyl/N-ethyl adjacent to an activating group) is 2. The van der Waals surface area contributed by atoms with Crippen LogP contribution in [0.25, 0.3) is 0 Å². The highest BCUT2D eigenvalue weighted by Gasteiger charge is 2.16. The van der Waals surface area contributed by atoms with Crippen LogP contribution in [0.15, 0.2) is 24.3 Å². The number of nitrogens with one attached hydrogen (secondary N) is 1. The van der Waals surface area contributed by atoms with E-state index in [1.165, 1.54) is 24.8 Å². The van der Waals surface area contributed by atoms with E-state index in [0.29, 0.717) is 12.6 Å². The zero-order chi connectivity index (χ0) is 15.5. The quantitative estimate of drug-likeness (QED) is 0.627. The highest BCUT2D eigenvalue weighted by Crippen LogP contribution is 2.25. The van der Waals surface area contributed by atoms with Crippen LogP contribution >= 0.6 is 0 Å². The molecule has 0 aromatic heterocycles. The summed E-state index contributed by atoms with van der Waals surface area (Å²) in [4.78, 5) is 2.42. The molecule has 1 rings (SSSR count). The van der Waals surface area contributed by atoms with E-state index in [0.717, 1.165) is 25.4 Å². The Morgan fingerprint density at radius 3 is 2.57 bits per heavy atom. The van der Waals surface area contributed by atoms with Crippen molar-refractivity contribution in [3.05, 3.63) is 29.8 Å². The smallest absolute Gasteiger partial charge is 0.124 e. The summed E-state index contributed by atoms with van der Waals surface area (Å²) in [5, 5.41) is 3.60. The minimum absolute atomic E-state index is 0.323. The van der Waals surface area contributed by atoms with Gasteiger partial charge >= 0.3 is 0 Å². The Morgan fingerprint density at radius 1 is 1.14 bits per heavy atom. The Bertz CT molecular complexity index is 381.